The number of carbonyl (C=O) groups is 1. The van der Waals surface area contributed by atoms with Gasteiger partial charge in [0.05, 0.1) is 5.56 Å². The van der Waals surface area contributed by atoms with Crippen molar-refractivity contribution in [2.24, 2.45) is 5.92 Å². The van der Waals surface area contributed by atoms with E-state index in [1.165, 1.54) is 36.4 Å². The van der Waals surface area contributed by atoms with E-state index in [-0.39, 0.29) is 35.6 Å². The number of alkyl halides is 5. The van der Waals surface area contributed by atoms with Crippen molar-refractivity contribution in [3.63, 3.8) is 0 Å². The number of ether oxygens (including phenoxy) is 1. The van der Waals surface area contributed by atoms with Crippen LogP contribution in [0.1, 0.15) is 47.9 Å². The second-order valence-electron chi connectivity index (χ2n) is 9.62. The predicted molar refractivity (Wildman–Crippen MR) is 135 cm³/mol. The maximum absolute atomic E-state index is 13.1. The number of carboxylic acids is 1. The van der Waals surface area contributed by atoms with Gasteiger partial charge in [0.25, 0.3) is 0 Å². The second-order valence-corrected chi connectivity index (χ2v) is 9.62. The zero-order chi connectivity index (χ0) is 28.6. The molecule has 0 aliphatic heterocycles. The first-order valence-corrected chi connectivity index (χ1v) is 12.5. The number of halogens is 5. The van der Waals surface area contributed by atoms with Crippen molar-refractivity contribution < 1.29 is 36.6 Å². The van der Waals surface area contributed by atoms with E-state index in [4.69, 9.17) is 0 Å². The second kappa shape index (κ2) is 10.7. The minimum atomic E-state index is -4.50. The van der Waals surface area contributed by atoms with Crippen molar-refractivity contribution >= 4 is 23.0 Å². The first-order chi connectivity index (χ1) is 19.0. The van der Waals surface area contributed by atoms with Crippen molar-refractivity contribution in [1.82, 2.24) is 19.5 Å². The van der Waals surface area contributed by atoms with E-state index in [1.54, 1.807) is 4.57 Å². The third-order valence-electron chi connectivity index (χ3n) is 6.98. The number of rotatable bonds is 9. The number of anilines is 1. The minimum absolute atomic E-state index is 0.0432. The monoisotopic (exact) mass is 561 g/mol. The fourth-order valence-corrected chi connectivity index (χ4v) is 4.65. The van der Waals surface area contributed by atoms with Gasteiger partial charge >= 0.3 is 18.8 Å². The summed E-state index contributed by atoms with van der Waals surface area (Å²) in [5, 5.41) is 12.9. The summed E-state index contributed by atoms with van der Waals surface area (Å²) >= 11 is 0. The van der Waals surface area contributed by atoms with Crippen LogP contribution in [0.5, 0.6) is 5.75 Å². The van der Waals surface area contributed by atoms with Gasteiger partial charge in [-0.05, 0) is 67.6 Å². The molecule has 40 heavy (non-hydrogen) atoms. The summed E-state index contributed by atoms with van der Waals surface area (Å²) in [5.74, 6) is -1.02. The normalized spacial score (nSPS) is 14.8. The van der Waals surface area contributed by atoms with Gasteiger partial charge < -0.3 is 19.7 Å². The quantitative estimate of drug-likeness (QED) is 0.226. The molecule has 13 heteroatoms. The first-order valence-electron chi connectivity index (χ1n) is 12.5. The summed E-state index contributed by atoms with van der Waals surface area (Å²) in [4.78, 5) is 24.7. The number of carboxylic acid groups (broad SMARTS) is 1. The number of fused-ring (bicyclic) bond motifs is 1. The van der Waals surface area contributed by atoms with Gasteiger partial charge in [-0.25, -0.2) is 19.7 Å². The summed E-state index contributed by atoms with van der Waals surface area (Å²) in [6, 6.07) is 10.2. The van der Waals surface area contributed by atoms with Crippen LogP contribution in [-0.4, -0.2) is 43.2 Å². The SMILES string of the molecule is C[C@@H](Nc1nc(C(=O)O)nc2nc(-c3ccc(OC(F)F)cc3)n(Cc3ccc(C(F)(F)F)cc3)c12)C1CCC1. The lowest BCUT2D eigenvalue weighted by atomic mass is 9.80. The molecule has 8 nitrogen and oxygen atoms in total. The molecule has 210 valence electrons. The van der Waals surface area contributed by atoms with E-state index in [9.17, 15) is 31.9 Å². The molecule has 2 heterocycles. The Hall–Kier alpha value is -4.29. The lowest BCUT2D eigenvalue weighted by Crippen LogP contribution is -2.31. The number of hydrogen-bond donors (Lipinski definition) is 2. The summed E-state index contributed by atoms with van der Waals surface area (Å²) in [5.41, 5.74) is 0.588. The van der Waals surface area contributed by atoms with Crippen LogP contribution < -0.4 is 10.1 Å². The van der Waals surface area contributed by atoms with Gasteiger partial charge in [-0.2, -0.15) is 22.0 Å². The first kappa shape index (κ1) is 27.3. The van der Waals surface area contributed by atoms with Gasteiger partial charge in [0, 0.05) is 18.2 Å². The van der Waals surface area contributed by atoms with Crippen LogP contribution >= 0.6 is 0 Å². The Morgan fingerprint density at radius 1 is 1.07 bits per heavy atom. The molecule has 2 aromatic heterocycles. The maximum atomic E-state index is 13.1. The van der Waals surface area contributed by atoms with Gasteiger partial charge in [-0.15, -0.1) is 0 Å². The molecule has 0 spiro atoms. The molecule has 0 radical (unpaired) electrons. The Bertz CT molecular complexity index is 1520. The number of nitrogens with one attached hydrogen (secondary N) is 1. The number of aromatic carboxylic acids is 1. The Morgan fingerprint density at radius 3 is 2.30 bits per heavy atom. The van der Waals surface area contributed by atoms with E-state index in [0.29, 0.717) is 22.6 Å². The van der Waals surface area contributed by atoms with Crippen LogP contribution in [0, 0.1) is 5.92 Å². The predicted octanol–water partition coefficient (Wildman–Crippen LogP) is 6.46. The number of benzene rings is 2. The topological polar surface area (TPSA) is 102 Å². The Labute approximate surface area is 224 Å². The molecule has 5 rings (SSSR count). The van der Waals surface area contributed by atoms with Crippen LogP contribution in [0.4, 0.5) is 27.8 Å². The molecule has 0 bridgehead atoms. The largest absolute Gasteiger partial charge is 0.475 e. The highest BCUT2D eigenvalue weighted by atomic mass is 19.4. The molecule has 4 aromatic rings. The fourth-order valence-electron chi connectivity index (χ4n) is 4.65. The molecule has 1 atom stereocenters. The fraction of sp³-hybridized carbons (Fsp3) is 0.333. The van der Waals surface area contributed by atoms with Gasteiger partial charge in [0.1, 0.15) is 17.1 Å². The Kier molecular flexibility index (Phi) is 7.30. The molecule has 1 fully saturated rings. The van der Waals surface area contributed by atoms with Crippen LogP contribution in [0.3, 0.4) is 0 Å². The Balaban J connectivity index is 1.65. The van der Waals surface area contributed by atoms with Gasteiger partial charge in [-0.1, -0.05) is 18.6 Å². The van der Waals surface area contributed by atoms with E-state index in [1.807, 2.05) is 6.92 Å². The lowest BCUT2D eigenvalue weighted by molar-refractivity contribution is -0.137. The van der Waals surface area contributed by atoms with Crippen molar-refractivity contribution in [2.45, 2.75) is 51.6 Å². The average Bonchev–Trinajstić information content (AvgIpc) is 3.21. The molecule has 1 saturated carbocycles. The van der Waals surface area contributed by atoms with Gasteiger partial charge in [-0.3, -0.25) is 0 Å². The summed E-state index contributed by atoms with van der Waals surface area (Å²) < 4.78 is 70.8. The highest BCUT2D eigenvalue weighted by molar-refractivity contribution is 5.92. The van der Waals surface area contributed by atoms with E-state index >= 15 is 0 Å². The molecule has 0 saturated heterocycles. The Morgan fingerprint density at radius 2 is 1.75 bits per heavy atom. The summed E-state index contributed by atoms with van der Waals surface area (Å²) in [6.45, 7) is -0.995. The van der Waals surface area contributed by atoms with Crippen molar-refractivity contribution in [3.05, 3.63) is 65.5 Å². The maximum Gasteiger partial charge on any atom is 0.416 e. The molecular formula is C27H24F5N5O3. The van der Waals surface area contributed by atoms with Crippen LogP contribution in [0.15, 0.2) is 48.5 Å². The molecule has 1 aliphatic carbocycles. The minimum Gasteiger partial charge on any atom is -0.475 e. The number of nitrogens with zero attached hydrogens (tertiary/aromatic N) is 4. The third-order valence-corrected chi connectivity index (χ3v) is 6.98. The van der Waals surface area contributed by atoms with E-state index in [2.05, 4.69) is 25.0 Å². The van der Waals surface area contributed by atoms with Crippen LogP contribution in [0.25, 0.3) is 22.6 Å². The number of hydrogen-bond acceptors (Lipinski definition) is 6. The zero-order valence-electron chi connectivity index (χ0n) is 21.1. The molecular weight excluding hydrogens is 537 g/mol. The van der Waals surface area contributed by atoms with E-state index in [0.717, 1.165) is 31.4 Å². The standard InChI is InChI=1S/C27H24F5N5O3/c1-14(16-3-2-4-16)33-21-20-22(35-23(34-21)25(38)39)36-24(17-7-11-19(12-8-17)40-26(28)29)37(20)13-15-5-9-18(10-6-15)27(30,31)32/h5-12,14,16,26H,2-4,13H2,1H3,(H,38,39)(H,33,34,35)/t14-/m1/s1. The van der Waals surface area contributed by atoms with Gasteiger partial charge in [0.2, 0.25) is 5.82 Å². The molecule has 2 N–H and O–H groups in total. The van der Waals surface area contributed by atoms with Crippen molar-refractivity contribution in [3.8, 4) is 17.1 Å². The summed E-state index contributed by atoms with van der Waals surface area (Å²) in [7, 11) is 0. The number of imidazole rings is 1. The number of aromatic nitrogens is 4. The highest BCUT2D eigenvalue weighted by Crippen LogP contribution is 2.35. The molecule has 0 amide bonds. The highest BCUT2D eigenvalue weighted by Gasteiger charge is 2.30. The zero-order valence-corrected chi connectivity index (χ0v) is 21.1. The smallest absolute Gasteiger partial charge is 0.416 e. The third kappa shape index (κ3) is 5.68. The molecule has 0 unspecified atom stereocenters. The van der Waals surface area contributed by atoms with Gasteiger partial charge in [0.15, 0.2) is 11.5 Å². The van der Waals surface area contributed by atoms with Crippen LogP contribution in [-0.2, 0) is 12.7 Å². The van der Waals surface area contributed by atoms with Crippen molar-refractivity contribution in [1.29, 1.82) is 0 Å². The lowest BCUT2D eigenvalue weighted by Gasteiger charge is -2.32. The van der Waals surface area contributed by atoms with Crippen LogP contribution in [0.2, 0.25) is 0 Å². The van der Waals surface area contributed by atoms with E-state index < -0.39 is 30.1 Å². The van der Waals surface area contributed by atoms with Crippen molar-refractivity contribution in [2.75, 3.05) is 5.32 Å². The molecule has 2 aromatic carbocycles. The average molecular weight is 562 g/mol. The molecule has 1 aliphatic rings. The summed E-state index contributed by atoms with van der Waals surface area (Å²) in [6.07, 6.45) is -1.38.